The van der Waals surface area contributed by atoms with Crippen LogP contribution in [0.15, 0.2) is 5.11 Å². The molecule has 2 atom stereocenters. The largest absolute Gasteiger partial charge is 0.444 e. The molecule has 17 heavy (non-hydrogen) atoms. The zero-order valence-electron chi connectivity index (χ0n) is 10.6. The molecular weight excluding hydrogens is 224 g/mol. The van der Waals surface area contributed by atoms with Crippen molar-refractivity contribution in [2.75, 3.05) is 20.2 Å². The van der Waals surface area contributed by atoms with Crippen LogP contribution in [0.4, 0.5) is 4.79 Å². The highest BCUT2D eigenvalue weighted by molar-refractivity contribution is 5.68. The van der Waals surface area contributed by atoms with E-state index in [0.717, 1.165) is 0 Å². The van der Waals surface area contributed by atoms with Crippen molar-refractivity contribution in [1.82, 2.24) is 4.90 Å². The van der Waals surface area contributed by atoms with Crippen molar-refractivity contribution in [3.63, 3.8) is 0 Å². The molecule has 0 aliphatic carbocycles. The Bertz CT molecular complexity index is 333. The highest BCUT2D eigenvalue weighted by atomic mass is 16.6. The molecule has 0 unspecified atom stereocenters. The zero-order valence-corrected chi connectivity index (χ0v) is 10.6. The lowest BCUT2D eigenvalue weighted by Gasteiger charge is -2.24. The van der Waals surface area contributed by atoms with Crippen LogP contribution in [-0.4, -0.2) is 48.9 Å². The van der Waals surface area contributed by atoms with Gasteiger partial charge in [0, 0.05) is 18.6 Å². The Morgan fingerprint density at radius 2 is 2.12 bits per heavy atom. The molecule has 96 valence electrons. The maximum atomic E-state index is 11.8. The average Bonchev–Trinajstić information content (AvgIpc) is 2.59. The van der Waals surface area contributed by atoms with Gasteiger partial charge in [-0.25, -0.2) is 4.79 Å². The molecule has 0 aromatic heterocycles. The van der Waals surface area contributed by atoms with Gasteiger partial charge in [0.25, 0.3) is 0 Å². The van der Waals surface area contributed by atoms with Crippen molar-refractivity contribution in [1.29, 1.82) is 0 Å². The molecule has 0 radical (unpaired) electrons. The Morgan fingerprint density at radius 1 is 1.47 bits per heavy atom. The molecule has 0 N–H and O–H groups in total. The lowest BCUT2D eigenvalue weighted by molar-refractivity contribution is 0.0252. The van der Waals surface area contributed by atoms with E-state index in [2.05, 4.69) is 10.0 Å². The van der Waals surface area contributed by atoms with E-state index in [-0.39, 0.29) is 12.1 Å². The summed E-state index contributed by atoms with van der Waals surface area (Å²) in [4.78, 5) is 16.0. The first-order valence-electron chi connectivity index (χ1n) is 5.42. The molecule has 0 spiro atoms. The Balaban J connectivity index is 2.64. The number of nitrogens with zero attached hydrogens (tertiary/aromatic N) is 4. The van der Waals surface area contributed by atoms with Gasteiger partial charge in [-0.05, 0) is 26.3 Å². The summed E-state index contributed by atoms with van der Waals surface area (Å²) in [6, 6.07) is -0.350. The second-order valence-electron chi connectivity index (χ2n) is 4.93. The van der Waals surface area contributed by atoms with Crippen molar-refractivity contribution in [3.05, 3.63) is 10.4 Å². The van der Waals surface area contributed by atoms with Crippen molar-refractivity contribution < 1.29 is 14.3 Å². The summed E-state index contributed by atoms with van der Waals surface area (Å²) in [5.74, 6) is 0. The van der Waals surface area contributed by atoms with Gasteiger partial charge >= 0.3 is 6.09 Å². The number of hydrogen-bond donors (Lipinski definition) is 0. The number of carbonyl (C=O) groups excluding carboxylic acids is 1. The summed E-state index contributed by atoms with van der Waals surface area (Å²) in [7, 11) is 1.53. The van der Waals surface area contributed by atoms with Gasteiger partial charge in [-0.2, -0.15) is 0 Å². The lowest BCUT2D eigenvalue weighted by Crippen LogP contribution is -2.36. The smallest absolute Gasteiger partial charge is 0.410 e. The number of carbonyl (C=O) groups is 1. The fraction of sp³-hybridized carbons (Fsp3) is 0.900. The Kier molecular flexibility index (Phi) is 4.20. The second-order valence-corrected chi connectivity index (χ2v) is 4.93. The predicted molar refractivity (Wildman–Crippen MR) is 61.5 cm³/mol. The quantitative estimate of drug-likeness (QED) is 0.421. The van der Waals surface area contributed by atoms with Crippen LogP contribution in [0, 0.1) is 0 Å². The summed E-state index contributed by atoms with van der Waals surface area (Å²) in [6.45, 7) is 6.13. The molecular formula is C10H18N4O3. The number of likely N-dealkylation sites (tertiary alicyclic amines) is 1. The van der Waals surface area contributed by atoms with Crippen LogP contribution in [-0.2, 0) is 9.47 Å². The summed E-state index contributed by atoms with van der Waals surface area (Å²) < 4.78 is 10.4. The highest BCUT2D eigenvalue weighted by Crippen LogP contribution is 2.19. The van der Waals surface area contributed by atoms with Crippen molar-refractivity contribution in [2.45, 2.75) is 38.5 Å². The van der Waals surface area contributed by atoms with E-state index >= 15 is 0 Å². The molecule has 0 bridgehead atoms. The predicted octanol–water partition coefficient (Wildman–Crippen LogP) is 1.93. The van der Waals surface area contributed by atoms with Crippen LogP contribution in [0.3, 0.4) is 0 Å². The van der Waals surface area contributed by atoms with Crippen LogP contribution in [0.1, 0.15) is 20.8 Å². The second kappa shape index (κ2) is 5.25. The molecule has 1 rings (SSSR count). The molecule has 1 aliphatic heterocycles. The maximum absolute atomic E-state index is 11.8. The van der Waals surface area contributed by atoms with E-state index in [1.54, 1.807) is 20.8 Å². The average molecular weight is 242 g/mol. The van der Waals surface area contributed by atoms with Gasteiger partial charge in [0.05, 0.1) is 18.7 Å². The molecule has 1 amide bonds. The summed E-state index contributed by atoms with van der Waals surface area (Å²) >= 11 is 0. The molecule has 1 aliphatic rings. The van der Waals surface area contributed by atoms with Gasteiger partial charge < -0.3 is 14.4 Å². The lowest BCUT2D eigenvalue weighted by atomic mass is 10.2. The number of azide groups is 1. The Labute approximate surface area is 100 Å². The summed E-state index contributed by atoms with van der Waals surface area (Å²) in [5, 5.41) is 3.61. The molecule has 7 nitrogen and oxygen atoms in total. The molecule has 0 saturated carbocycles. The summed E-state index contributed by atoms with van der Waals surface area (Å²) in [5.41, 5.74) is 7.89. The fourth-order valence-corrected chi connectivity index (χ4v) is 1.64. The van der Waals surface area contributed by atoms with Crippen molar-refractivity contribution in [3.8, 4) is 0 Å². The molecule has 0 aromatic carbocycles. The van der Waals surface area contributed by atoms with Gasteiger partial charge in [-0.3, -0.25) is 0 Å². The van der Waals surface area contributed by atoms with E-state index in [4.69, 9.17) is 15.0 Å². The van der Waals surface area contributed by atoms with E-state index in [0.29, 0.717) is 13.1 Å². The number of methoxy groups -OCH3 is 1. The zero-order chi connectivity index (χ0) is 13.1. The van der Waals surface area contributed by atoms with Gasteiger partial charge in [0.15, 0.2) is 0 Å². The topological polar surface area (TPSA) is 87.5 Å². The van der Waals surface area contributed by atoms with Crippen LogP contribution in [0.5, 0.6) is 0 Å². The number of amides is 1. The third-order valence-electron chi connectivity index (χ3n) is 2.39. The van der Waals surface area contributed by atoms with Gasteiger partial charge in [0.2, 0.25) is 0 Å². The van der Waals surface area contributed by atoms with Crippen LogP contribution in [0.25, 0.3) is 10.4 Å². The fourth-order valence-electron chi connectivity index (χ4n) is 1.64. The van der Waals surface area contributed by atoms with Crippen LogP contribution < -0.4 is 0 Å². The van der Waals surface area contributed by atoms with Crippen molar-refractivity contribution >= 4 is 6.09 Å². The third-order valence-corrected chi connectivity index (χ3v) is 2.39. The minimum Gasteiger partial charge on any atom is -0.444 e. The monoisotopic (exact) mass is 242 g/mol. The number of hydrogen-bond acceptors (Lipinski definition) is 4. The van der Waals surface area contributed by atoms with Gasteiger partial charge in [-0.1, -0.05) is 5.11 Å². The maximum Gasteiger partial charge on any atom is 0.410 e. The summed E-state index contributed by atoms with van der Waals surface area (Å²) in [6.07, 6.45) is -0.673. The first-order valence-corrected chi connectivity index (χ1v) is 5.42. The van der Waals surface area contributed by atoms with E-state index < -0.39 is 11.7 Å². The SMILES string of the molecule is CO[C@@H]1CN(C(=O)OC(C)(C)C)C[C@H]1N=[N+]=[N-]. The third kappa shape index (κ3) is 3.80. The first kappa shape index (κ1) is 13.6. The standard InChI is InChI=1S/C10H18N4O3/c1-10(2,3)17-9(15)14-5-7(12-13-11)8(6-14)16-4/h7-8H,5-6H2,1-4H3/t7-,8-/m1/s1. The minimum atomic E-state index is -0.532. The minimum absolute atomic E-state index is 0.265. The Hall–Kier alpha value is -1.46. The molecule has 1 saturated heterocycles. The van der Waals surface area contributed by atoms with E-state index in [1.165, 1.54) is 12.0 Å². The van der Waals surface area contributed by atoms with Gasteiger partial charge in [0.1, 0.15) is 5.60 Å². The van der Waals surface area contributed by atoms with Crippen molar-refractivity contribution in [2.24, 2.45) is 5.11 Å². The highest BCUT2D eigenvalue weighted by Gasteiger charge is 2.36. The molecule has 1 fully saturated rings. The van der Waals surface area contributed by atoms with Crippen LogP contribution >= 0.6 is 0 Å². The molecule has 7 heteroatoms. The Morgan fingerprint density at radius 3 is 2.59 bits per heavy atom. The normalized spacial score (nSPS) is 24.4. The van der Waals surface area contributed by atoms with E-state index in [1.807, 2.05) is 0 Å². The number of ether oxygens (including phenoxy) is 2. The van der Waals surface area contributed by atoms with Gasteiger partial charge in [-0.15, -0.1) is 0 Å². The van der Waals surface area contributed by atoms with E-state index in [9.17, 15) is 4.79 Å². The number of rotatable bonds is 2. The molecule has 1 heterocycles. The van der Waals surface area contributed by atoms with Crippen LogP contribution in [0.2, 0.25) is 0 Å². The molecule has 0 aromatic rings. The first-order chi connectivity index (χ1) is 7.87.